The van der Waals surface area contributed by atoms with Crippen molar-refractivity contribution in [1.82, 2.24) is 9.97 Å². The molecule has 1 aromatic heterocycles. The van der Waals surface area contributed by atoms with E-state index in [1.165, 1.54) is 0 Å². The minimum absolute atomic E-state index is 0.245. The van der Waals surface area contributed by atoms with E-state index in [1.54, 1.807) is 6.20 Å². The normalized spacial score (nSPS) is 11.2. The van der Waals surface area contributed by atoms with Gasteiger partial charge in [0.2, 0.25) is 0 Å². The van der Waals surface area contributed by atoms with Gasteiger partial charge in [-0.25, -0.2) is 9.98 Å². The molecule has 3 rings (SSSR count). The van der Waals surface area contributed by atoms with Crippen LogP contribution in [-0.2, 0) is 4.79 Å². The summed E-state index contributed by atoms with van der Waals surface area (Å²) in [6.07, 6.45) is 2.36. The third kappa shape index (κ3) is 3.62. The number of carbonyl (C=O) groups excluding carboxylic acids is 1. The number of aromatic nitrogens is 2. The summed E-state index contributed by atoms with van der Waals surface area (Å²) in [6.45, 7) is 0. The first-order chi connectivity index (χ1) is 11.2. The molecule has 0 radical (unpaired) electrons. The van der Waals surface area contributed by atoms with Gasteiger partial charge in [-0.1, -0.05) is 30.3 Å². The quantitative estimate of drug-likeness (QED) is 0.392. The summed E-state index contributed by atoms with van der Waals surface area (Å²) in [7, 11) is 0. The van der Waals surface area contributed by atoms with Gasteiger partial charge in [0.1, 0.15) is 0 Å². The van der Waals surface area contributed by atoms with Crippen LogP contribution >= 0.6 is 0 Å². The minimum atomic E-state index is 0.245. The first kappa shape index (κ1) is 14.5. The third-order valence-electron chi connectivity index (χ3n) is 3.18. The predicted molar refractivity (Wildman–Crippen MR) is 91.7 cm³/mol. The van der Waals surface area contributed by atoms with Gasteiger partial charge in [0, 0.05) is 5.69 Å². The Hall–Kier alpha value is -3.41. The molecule has 0 aliphatic heterocycles. The highest BCUT2D eigenvalue weighted by Gasteiger charge is 2.02. The topological polar surface area (TPSA) is 96.2 Å². The number of para-hydroxylation sites is 1. The maximum absolute atomic E-state index is 11.2. The standard InChI is InChI=1S/C17H15N5O/c18-17-19-10-15(22-17)12-6-8-14(9-7-12)21-16(11-23)20-13-4-2-1-3-5-13/h1-11H,(H,20,21)(H3,18,19,22). The molecule has 0 bridgehead atoms. The Morgan fingerprint density at radius 2 is 1.87 bits per heavy atom. The second-order valence-electron chi connectivity index (χ2n) is 4.83. The van der Waals surface area contributed by atoms with Gasteiger partial charge in [-0.3, -0.25) is 4.79 Å². The fraction of sp³-hybridized carbons (Fsp3) is 0. The summed E-state index contributed by atoms with van der Waals surface area (Å²) in [5.74, 6) is 0.618. The van der Waals surface area contributed by atoms with Gasteiger partial charge >= 0.3 is 0 Å². The summed E-state index contributed by atoms with van der Waals surface area (Å²) in [5.41, 5.74) is 8.82. The molecule has 3 aromatic rings. The van der Waals surface area contributed by atoms with Crippen molar-refractivity contribution in [3.8, 4) is 11.3 Å². The molecule has 0 spiro atoms. The number of aldehydes is 1. The zero-order valence-electron chi connectivity index (χ0n) is 12.2. The molecule has 0 atom stereocenters. The molecule has 6 heteroatoms. The summed E-state index contributed by atoms with van der Waals surface area (Å²) in [5, 5.41) is 2.98. The minimum Gasteiger partial charge on any atom is -0.369 e. The van der Waals surface area contributed by atoms with E-state index in [0.29, 0.717) is 17.9 Å². The number of aliphatic imine (C=N–C) groups is 1. The molecule has 0 saturated heterocycles. The molecule has 114 valence electrons. The lowest BCUT2D eigenvalue weighted by atomic mass is 10.1. The van der Waals surface area contributed by atoms with Gasteiger partial charge in [-0.2, -0.15) is 0 Å². The maximum Gasteiger partial charge on any atom is 0.197 e. The van der Waals surface area contributed by atoms with Crippen molar-refractivity contribution in [1.29, 1.82) is 0 Å². The molecule has 6 nitrogen and oxygen atoms in total. The van der Waals surface area contributed by atoms with E-state index in [1.807, 2.05) is 54.6 Å². The van der Waals surface area contributed by atoms with Crippen LogP contribution < -0.4 is 11.1 Å². The van der Waals surface area contributed by atoms with E-state index in [9.17, 15) is 4.79 Å². The lowest BCUT2D eigenvalue weighted by Gasteiger charge is -2.04. The lowest BCUT2D eigenvalue weighted by molar-refractivity contribution is -0.102. The first-order valence-electron chi connectivity index (χ1n) is 7.01. The number of nitrogens with zero attached hydrogens (tertiary/aromatic N) is 2. The highest BCUT2D eigenvalue weighted by atomic mass is 16.1. The number of carbonyl (C=O) groups is 1. The Labute approximate surface area is 133 Å². The number of hydrogen-bond acceptors (Lipinski definition) is 4. The molecule has 0 saturated carbocycles. The first-order valence-corrected chi connectivity index (χ1v) is 7.01. The average Bonchev–Trinajstić information content (AvgIpc) is 3.02. The molecule has 1 heterocycles. The van der Waals surface area contributed by atoms with Crippen LogP contribution in [0.25, 0.3) is 11.3 Å². The summed E-state index contributed by atoms with van der Waals surface area (Å²) < 4.78 is 0. The van der Waals surface area contributed by atoms with Crippen LogP contribution in [0.1, 0.15) is 0 Å². The monoisotopic (exact) mass is 305 g/mol. The van der Waals surface area contributed by atoms with Crippen molar-refractivity contribution in [2.75, 3.05) is 11.1 Å². The Balaban J connectivity index is 1.79. The van der Waals surface area contributed by atoms with Crippen LogP contribution in [0.15, 0.2) is 65.8 Å². The molecule has 0 unspecified atom stereocenters. The van der Waals surface area contributed by atoms with Crippen LogP contribution in [0.2, 0.25) is 0 Å². The van der Waals surface area contributed by atoms with Gasteiger partial charge in [0.05, 0.1) is 17.6 Å². The number of H-pyrrole nitrogens is 1. The summed E-state index contributed by atoms with van der Waals surface area (Å²) >= 11 is 0. The fourth-order valence-corrected chi connectivity index (χ4v) is 2.09. The Bertz CT molecular complexity index is 822. The van der Waals surface area contributed by atoms with Crippen molar-refractivity contribution in [3.63, 3.8) is 0 Å². The Morgan fingerprint density at radius 1 is 1.13 bits per heavy atom. The number of aromatic amines is 1. The van der Waals surface area contributed by atoms with Gasteiger partial charge in [0.15, 0.2) is 18.1 Å². The summed E-state index contributed by atoms with van der Waals surface area (Å²) in [4.78, 5) is 22.4. The number of nitrogen functional groups attached to an aromatic ring is 1. The van der Waals surface area contributed by atoms with Crippen molar-refractivity contribution < 1.29 is 4.79 Å². The van der Waals surface area contributed by atoms with Gasteiger partial charge in [-0.05, 0) is 29.8 Å². The van der Waals surface area contributed by atoms with Crippen LogP contribution in [-0.4, -0.2) is 22.1 Å². The van der Waals surface area contributed by atoms with Crippen molar-refractivity contribution in [3.05, 3.63) is 60.8 Å². The third-order valence-corrected chi connectivity index (χ3v) is 3.18. The van der Waals surface area contributed by atoms with Gasteiger partial charge < -0.3 is 16.0 Å². The molecule has 2 aromatic carbocycles. The van der Waals surface area contributed by atoms with Crippen LogP contribution in [0.5, 0.6) is 0 Å². The Kier molecular flexibility index (Phi) is 4.15. The largest absolute Gasteiger partial charge is 0.369 e. The SMILES string of the molecule is Nc1ncc(-c2ccc(N=C(C=O)Nc3ccccc3)cc2)[nH]1. The maximum atomic E-state index is 11.2. The van der Waals surface area contributed by atoms with Crippen LogP contribution in [0.3, 0.4) is 0 Å². The highest BCUT2D eigenvalue weighted by Crippen LogP contribution is 2.21. The number of amidine groups is 1. The number of rotatable bonds is 4. The zero-order chi connectivity index (χ0) is 16.1. The van der Waals surface area contributed by atoms with Crippen molar-refractivity contribution in [2.45, 2.75) is 0 Å². The molecular weight excluding hydrogens is 290 g/mol. The van der Waals surface area contributed by atoms with Gasteiger partial charge in [-0.15, -0.1) is 0 Å². The highest BCUT2D eigenvalue weighted by molar-refractivity contribution is 6.33. The predicted octanol–water partition coefficient (Wildman–Crippen LogP) is 3.00. The molecule has 4 N–H and O–H groups in total. The zero-order valence-corrected chi connectivity index (χ0v) is 12.2. The number of benzene rings is 2. The molecular formula is C17H15N5O. The second kappa shape index (κ2) is 6.57. The van der Waals surface area contributed by atoms with Crippen LogP contribution in [0, 0.1) is 0 Å². The number of imidazole rings is 1. The number of anilines is 2. The number of nitrogens with two attached hydrogens (primary N) is 1. The van der Waals surface area contributed by atoms with Crippen molar-refractivity contribution >= 4 is 29.4 Å². The second-order valence-corrected chi connectivity index (χ2v) is 4.83. The molecule has 0 aliphatic rings. The molecule has 0 fully saturated rings. The number of nitrogens with one attached hydrogen (secondary N) is 2. The van der Waals surface area contributed by atoms with E-state index in [0.717, 1.165) is 16.9 Å². The molecule has 0 amide bonds. The summed E-state index contributed by atoms with van der Waals surface area (Å²) in [6, 6.07) is 16.8. The fourth-order valence-electron chi connectivity index (χ4n) is 2.09. The van der Waals surface area contributed by atoms with E-state index in [4.69, 9.17) is 5.73 Å². The van der Waals surface area contributed by atoms with E-state index in [2.05, 4.69) is 20.3 Å². The van der Waals surface area contributed by atoms with E-state index in [-0.39, 0.29) is 5.84 Å². The number of hydrogen-bond donors (Lipinski definition) is 3. The lowest BCUT2D eigenvalue weighted by Crippen LogP contribution is -2.12. The van der Waals surface area contributed by atoms with Crippen molar-refractivity contribution in [2.24, 2.45) is 4.99 Å². The van der Waals surface area contributed by atoms with Gasteiger partial charge in [0.25, 0.3) is 0 Å². The van der Waals surface area contributed by atoms with E-state index >= 15 is 0 Å². The molecule has 23 heavy (non-hydrogen) atoms. The smallest absolute Gasteiger partial charge is 0.197 e. The molecule has 0 aliphatic carbocycles. The van der Waals surface area contributed by atoms with E-state index < -0.39 is 0 Å². The Morgan fingerprint density at radius 3 is 2.48 bits per heavy atom. The average molecular weight is 305 g/mol. The van der Waals surface area contributed by atoms with Crippen LogP contribution in [0.4, 0.5) is 17.3 Å².